The number of carbonyl (C=O) groups is 1. The zero-order valence-corrected chi connectivity index (χ0v) is 8.86. The van der Waals surface area contributed by atoms with Gasteiger partial charge < -0.3 is 15.9 Å². The predicted octanol–water partition coefficient (Wildman–Crippen LogP) is 0.680. The van der Waals surface area contributed by atoms with Gasteiger partial charge in [0.2, 0.25) is 0 Å². The van der Waals surface area contributed by atoms with Crippen LogP contribution < -0.4 is 5.73 Å². The summed E-state index contributed by atoms with van der Waals surface area (Å²) >= 11 is 3.20. The molecule has 1 rings (SSSR count). The fourth-order valence-electron chi connectivity index (χ4n) is 1.05. The molecule has 1 aromatic carbocycles. The summed E-state index contributed by atoms with van der Waals surface area (Å²) in [5, 5.41) is 17.9. The van der Waals surface area contributed by atoms with E-state index in [0.29, 0.717) is 5.56 Å². The molecule has 0 heterocycles. The molecular weight excluding hydrogens is 250 g/mol. The van der Waals surface area contributed by atoms with Crippen LogP contribution in [0.5, 0.6) is 0 Å². The van der Waals surface area contributed by atoms with Crippen LogP contribution in [0.1, 0.15) is 5.56 Å². The van der Waals surface area contributed by atoms with Crippen molar-refractivity contribution in [3.05, 3.63) is 34.3 Å². The molecule has 1 atom stereocenters. The molecule has 1 unspecified atom stereocenters. The smallest absolute Gasteiger partial charge is 0.330 e. The molecule has 0 spiro atoms. The number of carboxylic acids is 1. The van der Waals surface area contributed by atoms with Gasteiger partial charge in [-0.2, -0.15) is 0 Å². The van der Waals surface area contributed by atoms with E-state index in [1.807, 2.05) is 0 Å². The average molecular weight is 260 g/mol. The number of rotatable bonds is 3. The van der Waals surface area contributed by atoms with E-state index in [-0.39, 0.29) is 0 Å². The quantitative estimate of drug-likeness (QED) is 0.746. The Bertz CT molecular complexity index is 356. The second-order valence-electron chi connectivity index (χ2n) is 2.94. The second-order valence-corrected chi connectivity index (χ2v) is 3.86. The largest absolute Gasteiger partial charge is 0.480 e. The molecule has 0 aliphatic carbocycles. The lowest BCUT2D eigenvalue weighted by molar-refractivity contribution is -0.145. The first-order chi connectivity index (χ1) is 6.50. The molecule has 14 heavy (non-hydrogen) atoms. The van der Waals surface area contributed by atoms with Gasteiger partial charge in [0.25, 0.3) is 0 Å². The van der Waals surface area contributed by atoms with E-state index in [1.54, 1.807) is 24.3 Å². The molecule has 1 aromatic rings. The van der Waals surface area contributed by atoms with Gasteiger partial charge in [0.1, 0.15) is 0 Å². The molecule has 0 aliphatic heterocycles. The molecule has 0 aliphatic rings. The molecule has 0 saturated heterocycles. The highest BCUT2D eigenvalue weighted by atomic mass is 79.9. The Morgan fingerprint density at radius 3 is 2.64 bits per heavy atom. The Morgan fingerprint density at radius 2 is 2.21 bits per heavy atom. The molecule has 76 valence electrons. The van der Waals surface area contributed by atoms with Crippen LogP contribution >= 0.6 is 15.9 Å². The molecular formula is C9H10BrNO3. The van der Waals surface area contributed by atoms with E-state index >= 15 is 0 Å². The Morgan fingerprint density at radius 1 is 1.57 bits per heavy atom. The van der Waals surface area contributed by atoms with Crippen LogP contribution in [-0.4, -0.2) is 22.8 Å². The van der Waals surface area contributed by atoms with Crippen LogP contribution in [0, 0.1) is 0 Å². The fraction of sp³-hybridized carbons (Fsp3) is 0.222. The third-order valence-electron chi connectivity index (χ3n) is 1.97. The first-order valence-corrected chi connectivity index (χ1v) is 4.69. The monoisotopic (exact) mass is 259 g/mol. The lowest BCUT2D eigenvalue weighted by Crippen LogP contribution is -2.48. The fourth-order valence-corrected chi connectivity index (χ4v) is 1.45. The van der Waals surface area contributed by atoms with Gasteiger partial charge in [0.15, 0.2) is 5.54 Å². The van der Waals surface area contributed by atoms with Gasteiger partial charge in [-0.25, -0.2) is 4.79 Å². The Balaban J connectivity index is 3.19. The van der Waals surface area contributed by atoms with E-state index in [1.165, 1.54) is 0 Å². The number of hydrogen-bond donors (Lipinski definition) is 3. The maximum atomic E-state index is 10.9. The molecule has 0 amide bonds. The van der Waals surface area contributed by atoms with Crippen molar-refractivity contribution in [2.45, 2.75) is 5.54 Å². The van der Waals surface area contributed by atoms with Crippen LogP contribution in [0.15, 0.2) is 28.7 Å². The van der Waals surface area contributed by atoms with Gasteiger partial charge in [-0.3, -0.25) is 0 Å². The van der Waals surface area contributed by atoms with Crippen molar-refractivity contribution >= 4 is 21.9 Å². The topological polar surface area (TPSA) is 83.5 Å². The number of aliphatic hydroxyl groups is 1. The molecule has 4 nitrogen and oxygen atoms in total. The van der Waals surface area contributed by atoms with Crippen molar-refractivity contribution in [1.29, 1.82) is 0 Å². The van der Waals surface area contributed by atoms with Crippen molar-refractivity contribution in [3.63, 3.8) is 0 Å². The molecule has 0 saturated carbocycles. The standard InChI is InChI=1S/C9H10BrNO3/c10-7-3-1-2-6(4-7)9(11,5-12)8(13)14/h1-4,12H,5,11H2,(H,13,14). The van der Waals surface area contributed by atoms with E-state index in [0.717, 1.165) is 4.47 Å². The molecule has 0 bridgehead atoms. The van der Waals surface area contributed by atoms with Crippen molar-refractivity contribution in [2.24, 2.45) is 5.73 Å². The summed E-state index contributed by atoms with van der Waals surface area (Å²) in [4.78, 5) is 10.9. The van der Waals surface area contributed by atoms with Gasteiger partial charge >= 0.3 is 5.97 Å². The van der Waals surface area contributed by atoms with Gasteiger partial charge in [-0.1, -0.05) is 28.1 Å². The highest BCUT2D eigenvalue weighted by Crippen LogP contribution is 2.21. The molecule has 0 radical (unpaired) electrons. The van der Waals surface area contributed by atoms with E-state index in [2.05, 4.69) is 15.9 Å². The van der Waals surface area contributed by atoms with Gasteiger partial charge in [0.05, 0.1) is 6.61 Å². The van der Waals surface area contributed by atoms with Gasteiger partial charge in [-0.05, 0) is 17.7 Å². The van der Waals surface area contributed by atoms with Crippen LogP contribution in [-0.2, 0) is 10.3 Å². The third kappa shape index (κ3) is 1.95. The minimum atomic E-state index is -1.73. The van der Waals surface area contributed by atoms with Crippen LogP contribution in [0.25, 0.3) is 0 Å². The zero-order chi connectivity index (χ0) is 10.8. The van der Waals surface area contributed by atoms with Gasteiger partial charge in [-0.15, -0.1) is 0 Å². The second kappa shape index (κ2) is 4.08. The van der Waals surface area contributed by atoms with E-state index in [4.69, 9.17) is 15.9 Å². The number of nitrogens with two attached hydrogens (primary N) is 1. The van der Waals surface area contributed by atoms with Crippen LogP contribution in [0.4, 0.5) is 0 Å². The summed E-state index contributed by atoms with van der Waals surface area (Å²) in [6.07, 6.45) is 0. The minimum absolute atomic E-state index is 0.363. The van der Waals surface area contributed by atoms with Crippen molar-refractivity contribution in [2.75, 3.05) is 6.61 Å². The first-order valence-electron chi connectivity index (χ1n) is 3.90. The molecule has 0 aromatic heterocycles. The minimum Gasteiger partial charge on any atom is -0.480 e. The highest BCUT2D eigenvalue weighted by Gasteiger charge is 2.35. The summed E-state index contributed by atoms with van der Waals surface area (Å²) in [7, 11) is 0. The number of carboxylic acid groups (broad SMARTS) is 1. The average Bonchev–Trinajstić information content (AvgIpc) is 2.16. The number of aliphatic hydroxyl groups excluding tert-OH is 1. The van der Waals surface area contributed by atoms with Crippen LogP contribution in [0.3, 0.4) is 0 Å². The summed E-state index contributed by atoms with van der Waals surface area (Å²) in [5.41, 5.74) is 4.19. The lowest BCUT2D eigenvalue weighted by atomic mass is 9.92. The van der Waals surface area contributed by atoms with Crippen molar-refractivity contribution in [1.82, 2.24) is 0 Å². The van der Waals surface area contributed by atoms with Crippen molar-refractivity contribution < 1.29 is 15.0 Å². The molecule has 5 heteroatoms. The lowest BCUT2D eigenvalue weighted by Gasteiger charge is -2.22. The summed E-state index contributed by atoms with van der Waals surface area (Å²) in [5.74, 6) is -1.25. The maximum absolute atomic E-state index is 10.9. The summed E-state index contributed by atoms with van der Waals surface area (Å²) in [6.45, 7) is -0.640. The number of halogens is 1. The Hall–Kier alpha value is -0.910. The summed E-state index contributed by atoms with van der Waals surface area (Å²) in [6, 6.07) is 6.56. The van der Waals surface area contributed by atoms with Gasteiger partial charge in [0, 0.05) is 4.47 Å². The van der Waals surface area contributed by atoms with E-state index in [9.17, 15) is 4.79 Å². The maximum Gasteiger partial charge on any atom is 0.330 e. The normalized spacial score (nSPS) is 14.8. The zero-order valence-electron chi connectivity index (χ0n) is 7.27. The Kier molecular flexibility index (Phi) is 3.25. The number of aliphatic carboxylic acids is 1. The van der Waals surface area contributed by atoms with Crippen molar-refractivity contribution in [3.8, 4) is 0 Å². The summed E-state index contributed by atoms with van der Waals surface area (Å²) < 4.78 is 0.722. The predicted molar refractivity (Wildman–Crippen MR) is 54.7 cm³/mol. The molecule has 0 fully saturated rings. The molecule has 4 N–H and O–H groups in total. The number of hydrogen-bond acceptors (Lipinski definition) is 3. The first kappa shape index (κ1) is 11.2. The SMILES string of the molecule is NC(CO)(C(=O)O)c1cccc(Br)c1. The number of benzene rings is 1. The van der Waals surface area contributed by atoms with E-state index < -0.39 is 18.1 Å². The highest BCUT2D eigenvalue weighted by molar-refractivity contribution is 9.10. The Labute approximate surface area is 89.5 Å². The third-order valence-corrected chi connectivity index (χ3v) is 2.46. The van der Waals surface area contributed by atoms with Crippen LogP contribution in [0.2, 0.25) is 0 Å².